The monoisotopic (exact) mass is 101 g/mol. The van der Waals surface area contributed by atoms with Crippen molar-refractivity contribution in [2.24, 2.45) is 4.81 Å². The van der Waals surface area contributed by atoms with Gasteiger partial charge in [0.25, 0.3) is 0 Å². The molecule has 3 heteroatoms. The average Bonchev–Trinajstić information content (AvgIpc) is 1.50. The molecule has 0 aromatic rings. The normalized spacial score (nSPS) is 2.25. The summed E-state index contributed by atoms with van der Waals surface area (Å²) in [6, 6.07) is 0. The van der Waals surface area contributed by atoms with Crippen LogP contribution in [0, 0.1) is 11.8 Å². The first-order valence-electron chi connectivity index (χ1n) is 0.441. The van der Waals surface area contributed by atoms with E-state index in [9.17, 15) is 0 Å². The van der Waals surface area contributed by atoms with Crippen molar-refractivity contribution in [2.75, 3.05) is 0 Å². The van der Waals surface area contributed by atoms with Crippen LogP contribution in [-0.4, -0.2) is 0 Å². The van der Waals surface area contributed by atoms with Crippen molar-refractivity contribution in [3.63, 3.8) is 0 Å². The van der Waals surface area contributed by atoms with E-state index in [2.05, 4.69) is 27.1 Å². The van der Waals surface area contributed by atoms with Gasteiger partial charge in [-0.1, -0.05) is 0 Å². The molecule has 0 amide bonds. The maximum absolute atomic E-state index is 6.50. The van der Waals surface area contributed by atoms with Crippen LogP contribution >= 0.6 is 0 Å². The molecule has 0 saturated heterocycles. The zero-order valence-corrected chi connectivity index (χ0v) is 2.91. The predicted molar refractivity (Wildman–Crippen MR) is 10.9 cm³/mol. The topological polar surface area (TPSA) is 49.8 Å². The Bertz CT molecular complexity index is 10.8. The minimum atomic E-state index is 3.38. The number of hydrogen-bond acceptors (Lipinski definition) is 2. The van der Waals surface area contributed by atoms with Crippen molar-refractivity contribution in [3.05, 3.63) is 0 Å². The zero-order valence-electron chi connectivity index (χ0n) is 1.92. The standard InChI is InChI=1S/CHN.H2N.Ni/c1-2;;/h1H;1H2;/q;-1;+1. The maximum atomic E-state index is 6.50. The van der Waals surface area contributed by atoms with Gasteiger partial charge < -0.3 is 0 Å². The van der Waals surface area contributed by atoms with Crippen LogP contribution in [-0.2, 0) is 15.7 Å². The molecule has 0 aliphatic carbocycles. The summed E-state index contributed by atoms with van der Waals surface area (Å²) in [5.41, 5.74) is 0. The van der Waals surface area contributed by atoms with Gasteiger partial charge in [0.15, 0.2) is 0 Å². The van der Waals surface area contributed by atoms with E-state index in [0.29, 0.717) is 0 Å². The molecule has 0 aromatic carbocycles. The molecule has 0 fully saturated rings. The second-order valence-corrected chi connectivity index (χ2v) is 0. The summed E-state index contributed by atoms with van der Waals surface area (Å²) in [5.74, 6) is 0. The third kappa shape index (κ3) is 542. The molecule has 0 rings (SSSR count). The molecule has 27 valence electrons. The van der Waals surface area contributed by atoms with Gasteiger partial charge in [-0.25, -0.2) is 5.26 Å². The summed E-state index contributed by atoms with van der Waals surface area (Å²) in [6.07, 6.45) is 0. The van der Waals surface area contributed by atoms with Gasteiger partial charge in [-0.2, -0.15) is 0 Å². The molecule has 0 radical (unpaired) electrons. The number of rotatable bonds is 0. The molecular formula is CH3N2Ni. The minimum absolute atomic E-state index is 3.38. The fourth-order valence-electron chi connectivity index (χ4n) is 0. The van der Waals surface area contributed by atoms with Gasteiger partial charge in [-0.15, -0.1) is 0 Å². The fraction of sp³-hybridized carbons (Fsp3) is 0. The van der Waals surface area contributed by atoms with Crippen LogP contribution in [0.5, 0.6) is 0 Å². The van der Waals surface area contributed by atoms with Crippen molar-refractivity contribution < 1.29 is 15.7 Å². The SMILES string of the molecule is C#N.[NH2][Ni]. The first-order valence-corrected chi connectivity index (χ1v) is 1.01. The van der Waals surface area contributed by atoms with Gasteiger partial charge in [0.1, 0.15) is 0 Å². The molecule has 0 bridgehead atoms. The van der Waals surface area contributed by atoms with E-state index in [0.717, 1.165) is 0 Å². The van der Waals surface area contributed by atoms with Crippen LogP contribution in [0.2, 0.25) is 0 Å². The number of nitrogens with zero attached hydrogens (tertiary/aromatic N) is 1. The van der Waals surface area contributed by atoms with Gasteiger partial charge in [-0.05, 0) is 0 Å². The van der Waals surface area contributed by atoms with E-state index >= 15 is 0 Å². The van der Waals surface area contributed by atoms with Crippen LogP contribution in [0.15, 0.2) is 0 Å². The Morgan fingerprint density at radius 1 is 1.50 bits per heavy atom. The van der Waals surface area contributed by atoms with E-state index < -0.39 is 0 Å². The summed E-state index contributed by atoms with van der Waals surface area (Å²) in [7, 11) is 0. The Morgan fingerprint density at radius 3 is 1.50 bits per heavy atom. The Morgan fingerprint density at radius 2 is 1.50 bits per heavy atom. The molecule has 0 unspecified atom stereocenters. The van der Waals surface area contributed by atoms with Crippen molar-refractivity contribution in [3.8, 4) is 6.57 Å². The molecule has 2 nitrogen and oxygen atoms in total. The van der Waals surface area contributed by atoms with Crippen molar-refractivity contribution in [1.29, 1.82) is 5.26 Å². The summed E-state index contributed by atoms with van der Waals surface area (Å²) in [4.78, 5) is 4.12. The first-order chi connectivity index (χ1) is 2.00. The Kier molecular flexibility index (Phi) is 7880. The Hall–Kier alpha value is -0.0565. The van der Waals surface area contributed by atoms with Crippen molar-refractivity contribution in [1.82, 2.24) is 0 Å². The quantitative estimate of drug-likeness (QED) is 0.420. The van der Waals surface area contributed by atoms with Crippen LogP contribution in [0.25, 0.3) is 0 Å². The third-order valence-electron chi connectivity index (χ3n) is 0. The van der Waals surface area contributed by atoms with Crippen LogP contribution in [0.3, 0.4) is 0 Å². The van der Waals surface area contributed by atoms with Crippen molar-refractivity contribution >= 4 is 0 Å². The molecule has 0 aromatic heterocycles. The molecule has 0 spiro atoms. The molecule has 2 N–H and O–H groups in total. The van der Waals surface area contributed by atoms with E-state index in [1.165, 1.54) is 0 Å². The average molecular weight is 102 g/mol. The predicted octanol–water partition coefficient (Wildman–Crippen LogP) is -0.453. The first kappa shape index (κ1) is 9.05. The zero-order chi connectivity index (χ0) is 4.00. The molecule has 0 aliphatic heterocycles. The third-order valence-corrected chi connectivity index (χ3v) is 0. The van der Waals surface area contributed by atoms with Crippen molar-refractivity contribution in [2.45, 2.75) is 0 Å². The van der Waals surface area contributed by atoms with Gasteiger partial charge >= 0.3 is 20.5 Å². The molecule has 0 aliphatic rings. The second kappa shape index (κ2) is 3480. The number of nitrogens with two attached hydrogens (primary N) is 1. The second-order valence-electron chi connectivity index (χ2n) is 0. The van der Waals surface area contributed by atoms with Crippen LogP contribution < -0.4 is 4.81 Å². The van der Waals surface area contributed by atoms with E-state index in [1.807, 2.05) is 0 Å². The van der Waals surface area contributed by atoms with Crippen LogP contribution in [0.4, 0.5) is 0 Å². The molecule has 0 saturated carbocycles. The summed E-state index contributed by atoms with van der Waals surface area (Å²) in [6.45, 7) is 3.50. The molecule has 4 heavy (non-hydrogen) atoms. The van der Waals surface area contributed by atoms with Crippen LogP contribution in [0.1, 0.15) is 0 Å². The summed E-state index contributed by atoms with van der Waals surface area (Å²) < 4.78 is 0. The van der Waals surface area contributed by atoms with E-state index in [-0.39, 0.29) is 0 Å². The molecular weight excluding hydrogens is 98.7 g/mol. The van der Waals surface area contributed by atoms with Gasteiger partial charge in [0, 0.05) is 6.57 Å². The number of hydrogen-bond donors (Lipinski definition) is 1. The molecule has 0 heterocycles. The van der Waals surface area contributed by atoms with Gasteiger partial charge in [-0.3, -0.25) is 0 Å². The van der Waals surface area contributed by atoms with Gasteiger partial charge in [0.05, 0.1) is 0 Å². The van der Waals surface area contributed by atoms with Gasteiger partial charge in [0.2, 0.25) is 0 Å². The molecule has 0 atom stereocenters. The summed E-state index contributed by atoms with van der Waals surface area (Å²) in [5, 5.41) is 6.50. The Balaban J connectivity index is 0. The van der Waals surface area contributed by atoms with E-state index in [1.54, 1.807) is 0 Å². The fourth-order valence-corrected chi connectivity index (χ4v) is 0. The Labute approximate surface area is 33.2 Å². The summed E-state index contributed by atoms with van der Waals surface area (Å²) >= 11 is 3.38. The number of nitriles is 1. The van der Waals surface area contributed by atoms with E-state index in [4.69, 9.17) is 5.26 Å².